The highest BCUT2D eigenvalue weighted by Gasteiger charge is 2.21. The Labute approximate surface area is 175 Å². The fraction of sp³-hybridized carbons (Fsp3) is 0.182. The van der Waals surface area contributed by atoms with E-state index < -0.39 is 0 Å². The Bertz CT molecular complexity index is 1490. The molecule has 1 N–H and O–H groups in total. The number of rotatable bonds is 4. The van der Waals surface area contributed by atoms with E-state index in [0.717, 1.165) is 5.56 Å². The molecule has 148 valence electrons. The number of thiophene rings is 1. The van der Waals surface area contributed by atoms with Gasteiger partial charge in [0, 0.05) is 28.2 Å². The smallest absolute Gasteiger partial charge is 0.276 e. The van der Waals surface area contributed by atoms with Crippen LogP contribution in [0.2, 0.25) is 0 Å². The molecule has 0 unspecified atom stereocenters. The van der Waals surface area contributed by atoms with Gasteiger partial charge in [-0.1, -0.05) is 32.0 Å². The molecule has 0 fully saturated rings. The maximum atomic E-state index is 13.1. The van der Waals surface area contributed by atoms with Crippen LogP contribution in [0.5, 0.6) is 0 Å². The molecule has 5 aromatic rings. The zero-order chi connectivity index (χ0) is 20.8. The number of aromatic nitrogens is 5. The van der Waals surface area contributed by atoms with E-state index in [0.29, 0.717) is 29.0 Å². The summed E-state index contributed by atoms with van der Waals surface area (Å²) in [5.41, 5.74) is 3.61. The second-order valence-electron chi connectivity index (χ2n) is 7.47. The second-order valence-corrected chi connectivity index (χ2v) is 8.39. The van der Waals surface area contributed by atoms with E-state index in [4.69, 9.17) is 0 Å². The van der Waals surface area contributed by atoms with Gasteiger partial charge in [0.2, 0.25) is 0 Å². The number of hydrogen-bond acceptors (Lipinski definition) is 5. The molecule has 4 aromatic heterocycles. The van der Waals surface area contributed by atoms with Gasteiger partial charge in [0.15, 0.2) is 5.65 Å². The third kappa shape index (κ3) is 2.83. The van der Waals surface area contributed by atoms with Crippen LogP contribution in [-0.4, -0.2) is 24.4 Å². The molecular weight excluding hydrogens is 396 g/mol. The maximum Gasteiger partial charge on any atom is 0.276 e. The summed E-state index contributed by atoms with van der Waals surface area (Å²) >= 11 is 1.72. The quantitative estimate of drug-likeness (QED) is 0.478. The summed E-state index contributed by atoms with van der Waals surface area (Å²) in [7, 11) is 0. The number of nitrogens with zero attached hydrogens (tertiary/aromatic N) is 5. The number of nitriles is 1. The lowest BCUT2D eigenvalue weighted by Crippen LogP contribution is -2.22. The number of aromatic amines is 1. The predicted molar refractivity (Wildman–Crippen MR) is 117 cm³/mol. The third-order valence-electron chi connectivity index (χ3n) is 5.19. The molecule has 0 radical (unpaired) electrons. The topological polar surface area (TPSA) is 91.8 Å². The summed E-state index contributed by atoms with van der Waals surface area (Å²) in [5.74, 6) is -0.0334. The first-order valence-corrected chi connectivity index (χ1v) is 10.5. The first-order chi connectivity index (χ1) is 14.6. The monoisotopic (exact) mass is 414 g/mol. The average molecular weight is 414 g/mol. The van der Waals surface area contributed by atoms with E-state index in [9.17, 15) is 10.1 Å². The van der Waals surface area contributed by atoms with Crippen LogP contribution in [-0.2, 0) is 6.54 Å². The van der Waals surface area contributed by atoms with E-state index in [-0.39, 0.29) is 11.5 Å². The van der Waals surface area contributed by atoms with Crippen LogP contribution in [0.15, 0.2) is 53.0 Å². The van der Waals surface area contributed by atoms with Gasteiger partial charge in [-0.15, -0.1) is 11.3 Å². The minimum atomic E-state index is -0.192. The highest BCUT2D eigenvalue weighted by molar-refractivity contribution is 7.17. The second kappa shape index (κ2) is 6.97. The summed E-state index contributed by atoms with van der Waals surface area (Å²) in [6.07, 6.45) is 5.15. The molecule has 5 rings (SSSR count). The van der Waals surface area contributed by atoms with Gasteiger partial charge in [-0.05, 0) is 28.3 Å². The molecule has 7 nitrogen and oxygen atoms in total. The van der Waals surface area contributed by atoms with E-state index in [1.54, 1.807) is 17.5 Å². The SMILES string of the molecule is CC(C)c1c(-c2cnn(Cc3cccc4ccsc34)c2)nc2c(C#N)c[nH]n2c1=O. The van der Waals surface area contributed by atoms with Crippen molar-refractivity contribution < 1.29 is 0 Å². The van der Waals surface area contributed by atoms with Crippen LogP contribution >= 0.6 is 11.3 Å². The molecule has 0 aliphatic carbocycles. The van der Waals surface area contributed by atoms with Crippen molar-refractivity contribution in [3.8, 4) is 17.3 Å². The molecule has 0 aliphatic heterocycles. The highest BCUT2D eigenvalue weighted by Crippen LogP contribution is 2.28. The zero-order valence-electron chi connectivity index (χ0n) is 16.5. The Morgan fingerprint density at radius 1 is 1.30 bits per heavy atom. The zero-order valence-corrected chi connectivity index (χ0v) is 17.3. The van der Waals surface area contributed by atoms with Crippen molar-refractivity contribution in [1.82, 2.24) is 24.4 Å². The van der Waals surface area contributed by atoms with Crippen molar-refractivity contribution in [1.29, 1.82) is 5.26 Å². The number of H-pyrrole nitrogens is 1. The summed E-state index contributed by atoms with van der Waals surface area (Å²) in [6, 6.07) is 10.5. The largest absolute Gasteiger partial charge is 0.295 e. The standard InChI is InChI=1S/C22H18N6OS/c1-13(2)18-19(26-21-16(8-23)9-25-28(21)22(18)29)17-10-24-27(12-17)11-15-5-3-4-14-6-7-30-20(14)15/h3-7,9-10,12-13,25H,11H2,1-2H3. The summed E-state index contributed by atoms with van der Waals surface area (Å²) in [5, 5.41) is 20.0. The van der Waals surface area contributed by atoms with Gasteiger partial charge < -0.3 is 0 Å². The Hall–Kier alpha value is -3.70. The Kier molecular flexibility index (Phi) is 4.26. The van der Waals surface area contributed by atoms with Crippen LogP contribution in [0.4, 0.5) is 0 Å². The van der Waals surface area contributed by atoms with Gasteiger partial charge in [-0.25, -0.2) is 9.50 Å². The lowest BCUT2D eigenvalue weighted by Gasteiger charge is -2.10. The average Bonchev–Trinajstić information content (AvgIpc) is 3.47. The van der Waals surface area contributed by atoms with Crippen molar-refractivity contribution >= 4 is 27.1 Å². The molecule has 0 saturated heterocycles. The first kappa shape index (κ1) is 18.3. The van der Waals surface area contributed by atoms with E-state index in [2.05, 4.69) is 50.9 Å². The van der Waals surface area contributed by atoms with Crippen molar-refractivity contribution in [2.45, 2.75) is 26.3 Å². The Balaban J connectivity index is 1.62. The van der Waals surface area contributed by atoms with Crippen LogP contribution in [0.25, 0.3) is 27.0 Å². The minimum Gasteiger partial charge on any atom is -0.295 e. The fourth-order valence-electron chi connectivity index (χ4n) is 3.78. The van der Waals surface area contributed by atoms with Gasteiger partial charge in [-0.2, -0.15) is 10.4 Å². The first-order valence-electron chi connectivity index (χ1n) is 9.59. The molecule has 0 saturated carbocycles. The Morgan fingerprint density at radius 2 is 2.17 bits per heavy atom. The van der Waals surface area contributed by atoms with E-state index in [1.165, 1.54) is 26.4 Å². The van der Waals surface area contributed by atoms with Gasteiger partial charge in [0.25, 0.3) is 5.56 Å². The lowest BCUT2D eigenvalue weighted by atomic mass is 10.00. The van der Waals surface area contributed by atoms with Gasteiger partial charge in [0.1, 0.15) is 11.6 Å². The molecule has 4 heterocycles. The highest BCUT2D eigenvalue weighted by atomic mass is 32.1. The van der Waals surface area contributed by atoms with Crippen molar-refractivity contribution in [2.75, 3.05) is 0 Å². The van der Waals surface area contributed by atoms with Crippen molar-refractivity contribution in [3.05, 3.63) is 75.3 Å². The lowest BCUT2D eigenvalue weighted by molar-refractivity contribution is 0.691. The molecule has 1 aromatic carbocycles. The van der Waals surface area contributed by atoms with Gasteiger partial charge in [-0.3, -0.25) is 14.6 Å². The summed E-state index contributed by atoms with van der Waals surface area (Å²) in [4.78, 5) is 17.7. The summed E-state index contributed by atoms with van der Waals surface area (Å²) in [6.45, 7) is 4.55. The third-order valence-corrected chi connectivity index (χ3v) is 6.20. The number of nitrogens with one attached hydrogen (secondary N) is 1. The van der Waals surface area contributed by atoms with Crippen molar-refractivity contribution in [2.24, 2.45) is 0 Å². The molecule has 0 spiro atoms. The fourth-order valence-corrected chi connectivity index (χ4v) is 4.68. The molecule has 30 heavy (non-hydrogen) atoms. The predicted octanol–water partition coefficient (Wildman–Crippen LogP) is 4.14. The number of hydrogen-bond donors (Lipinski definition) is 1. The van der Waals surface area contributed by atoms with E-state index >= 15 is 0 Å². The molecule has 0 amide bonds. The maximum absolute atomic E-state index is 13.1. The van der Waals surface area contributed by atoms with Crippen LogP contribution in [0, 0.1) is 11.3 Å². The molecular formula is C22H18N6OS. The molecule has 0 atom stereocenters. The van der Waals surface area contributed by atoms with Crippen LogP contribution in [0.1, 0.15) is 36.5 Å². The minimum absolute atomic E-state index is 0.0334. The number of benzene rings is 1. The van der Waals surface area contributed by atoms with Gasteiger partial charge >= 0.3 is 0 Å². The van der Waals surface area contributed by atoms with Crippen molar-refractivity contribution in [3.63, 3.8) is 0 Å². The Morgan fingerprint density at radius 3 is 2.97 bits per heavy atom. The summed E-state index contributed by atoms with van der Waals surface area (Å²) < 4.78 is 4.44. The molecule has 0 bridgehead atoms. The number of fused-ring (bicyclic) bond motifs is 2. The van der Waals surface area contributed by atoms with E-state index in [1.807, 2.05) is 24.7 Å². The molecule has 8 heteroatoms. The van der Waals surface area contributed by atoms with Gasteiger partial charge in [0.05, 0.1) is 18.4 Å². The van der Waals surface area contributed by atoms with Crippen LogP contribution < -0.4 is 5.56 Å². The molecule has 0 aliphatic rings. The normalized spacial score (nSPS) is 11.5. The van der Waals surface area contributed by atoms with Crippen LogP contribution in [0.3, 0.4) is 0 Å².